The Balaban J connectivity index is 0.00000937. The molecule has 1 fully saturated rings. The number of nitrogens with one attached hydrogen (secondary N) is 3. The normalized spacial score (nSPS) is 20.7. The molecule has 378 valence electrons. The summed E-state index contributed by atoms with van der Waals surface area (Å²) in [7, 11) is -16.9. The van der Waals surface area contributed by atoms with Crippen molar-refractivity contribution < 1.29 is 106 Å². The SMILES string of the molecule is CC1=NCCN=C(C)c2cccc(n2)C(C)=N[C@@H](Cc2ccc(NC(=S)N/C=C/Cc3cn([C@@H]4C[C@@H](O)[C@H](COP(=O)(O)OP(=O)(O)OP(=O)(O)O)O4)c(=O)[nH]c3=O)cc2)CN=C(C)c2cccc1n2.[Eu+3]. The second-order valence-corrected chi connectivity index (χ2v) is 20.6. The number of fused-ring (bicyclic) bond motifs is 4. The van der Waals surface area contributed by atoms with Crippen molar-refractivity contribution in [2.45, 2.75) is 71.4 Å². The molecule has 6 atom stereocenters. The summed E-state index contributed by atoms with van der Waals surface area (Å²) >= 11 is 5.48. The average Bonchev–Trinajstić information content (AvgIpc) is 3.66. The van der Waals surface area contributed by atoms with Crippen molar-refractivity contribution in [2.24, 2.45) is 20.0 Å². The van der Waals surface area contributed by atoms with Crippen molar-refractivity contribution in [3.63, 3.8) is 0 Å². The second-order valence-electron chi connectivity index (χ2n) is 15.8. The zero-order valence-corrected chi connectivity index (χ0v) is 44.4. The van der Waals surface area contributed by atoms with E-state index in [1.165, 1.54) is 12.4 Å². The van der Waals surface area contributed by atoms with Crippen molar-refractivity contribution in [2.75, 3.05) is 31.6 Å². The number of aliphatic hydroxyl groups excluding tert-OH is 1. The number of nitrogens with zero attached hydrogens (tertiary/aromatic N) is 7. The Hall–Kier alpha value is -3.78. The number of anilines is 1. The largest absolute Gasteiger partial charge is 3.00 e. The number of benzene rings is 1. The molecule has 24 nitrogen and oxygen atoms in total. The van der Waals surface area contributed by atoms with Gasteiger partial charge in [-0.25, -0.2) is 28.5 Å². The molecule has 2 unspecified atom stereocenters. The minimum absolute atomic E-state index is 0. The predicted molar refractivity (Wildman–Crippen MR) is 264 cm³/mol. The third-order valence-corrected chi connectivity index (χ3v) is 14.4. The molecule has 2 aliphatic rings. The predicted octanol–water partition coefficient (Wildman–Crippen LogP) is 3.92. The maximum Gasteiger partial charge on any atom is 3.00 e. The topological polar surface area (TPSA) is 343 Å². The van der Waals surface area contributed by atoms with Gasteiger partial charge >= 0.3 is 78.5 Å². The molecule has 0 radical (unpaired) electrons. The van der Waals surface area contributed by atoms with Gasteiger partial charge in [0.1, 0.15) is 12.3 Å². The van der Waals surface area contributed by atoms with Crippen LogP contribution in [0.3, 0.4) is 0 Å². The van der Waals surface area contributed by atoms with E-state index >= 15 is 0 Å². The molecule has 1 aromatic carbocycles. The Labute approximate surface area is 452 Å². The molecule has 4 aromatic rings. The van der Waals surface area contributed by atoms with Gasteiger partial charge in [-0.05, 0) is 101 Å². The maximum atomic E-state index is 12.7. The van der Waals surface area contributed by atoms with Crippen LogP contribution in [0.25, 0.3) is 0 Å². The van der Waals surface area contributed by atoms with E-state index in [-0.39, 0.29) is 78.9 Å². The standard InChI is InChI=1S/C42H51N10O14P3S.Eu/c1-25-33-9-5-11-35(49-33)27(3)46-22-32(47-28(4)36-12-6-10-34(50-36)26(2)44-19-18-43-25)20-29-13-15-31(16-14-29)48-41(70)45-17-7-8-30-23-52(42(55)51-40(30)54)39-21-37(53)38(64-39)24-63-68(59,60)66-69(61,62)65-67(56,57)58;/h5-7,9-17,23,32,37-39,53H,8,18-22,24H2,1-4H3,(H,59,60)(H,61,62)(H2,45,48,70)(H,51,54,55)(H2,56,57,58);/q;+3/b17-7+,43-25?,44-26?,46-27?,47-28?;/t32-,37+,38-,39-;/m0./s1. The van der Waals surface area contributed by atoms with Crippen LogP contribution in [0.4, 0.5) is 5.69 Å². The number of pyridine rings is 2. The number of aliphatic imine (C=N–C) groups is 4. The Morgan fingerprint density at radius 2 is 1.42 bits per heavy atom. The second kappa shape index (κ2) is 25.9. The molecular weight excluding hydrogens is 1150 g/mol. The van der Waals surface area contributed by atoms with Crippen LogP contribution in [0.15, 0.2) is 109 Å². The third-order valence-electron chi connectivity index (χ3n) is 10.4. The molecule has 71 heavy (non-hydrogen) atoms. The number of aliphatic hydroxyl groups is 1. The number of allylic oxidation sites excluding steroid dienone is 1. The Morgan fingerprint density at radius 3 is 2.01 bits per heavy atom. The van der Waals surface area contributed by atoms with E-state index in [4.69, 9.17) is 56.7 Å². The van der Waals surface area contributed by atoms with Gasteiger partial charge in [0, 0.05) is 23.9 Å². The Morgan fingerprint density at radius 1 is 0.845 bits per heavy atom. The van der Waals surface area contributed by atoms with E-state index in [0.717, 1.165) is 55.8 Å². The first kappa shape index (κ1) is 58.1. The van der Waals surface area contributed by atoms with Crippen molar-refractivity contribution in [3.05, 3.63) is 134 Å². The number of phosphoric acid groups is 3. The molecule has 4 bridgehead atoms. The van der Waals surface area contributed by atoms with Gasteiger partial charge < -0.3 is 40.1 Å². The van der Waals surface area contributed by atoms with Crippen molar-refractivity contribution in [1.29, 1.82) is 0 Å². The van der Waals surface area contributed by atoms with E-state index in [1.54, 1.807) is 6.08 Å². The zero-order valence-electron chi connectivity index (χ0n) is 38.4. The Bertz CT molecular complexity index is 3000. The van der Waals surface area contributed by atoms with E-state index in [1.807, 2.05) is 88.4 Å². The van der Waals surface area contributed by atoms with Crippen LogP contribution in [0.5, 0.6) is 0 Å². The van der Waals surface area contributed by atoms with Gasteiger partial charge in [-0.1, -0.05) is 30.3 Å². The van der Waals surface area contributed by atoms with Crippen LogP contribution in [-0.4, -0.2) is 117 Å². The number of phosphoric ester groups is 1. The minimum Gasteiger partial charge on any atom is -0.390 e. The summed E-state index contributed by atoms with van der Waals surface area (Å²) in [5.41, 5.74) is 6.38. The minimum atomic E-state index is -5.77. The quantitative estimate of drug-likeness (QED) is 0.0655. The zero-order chi connectivity index (χ0) is 50.8. The molecule has 1 saturated heterocycles. The fourth-order valence-corrected chi connectivity index (χ4v) is 10.2. The number of thiocarbonyl (C=S) groups is 1. The van der Waals surface area contributed by atoms with Gasteiger partial charge in [0.25, 0.3) is 5.56 Å². The molecule has 0 aliphatic carbocycles. The number of aromatic amines is 1. The van der Waals surface area contributed by atoms with Gasteiger partial charge in [0.15, 0.2) is 5.11 Å². The molecule has 5 heterocycles. The van der Waals surface area contributed by atoms with Crippen LogP contribution < -0.4 is 21.9 Å². The summed E-state index contributed by atoms with van der Waals surface area (Å²) in [6, 6.07) is 19.0. The Kier molecular flexibility index (Phi) is 21.2. The number of rotatable bonds is 14. The maximum absolute atomic E-state index is 12.7. The van der Waals surface area contributed by atoms with E-state index in [2.05, 4.69) is 28.8 Å². The summed E-state index contributed by atoms with van der Waals surface area (Å²) in [5, 5.41) is 16.7. The average molecular weight is 1200 g/mol. The van der Waals surface area contributed by atoms with Gasteiger partial charge in [-0.3, -0.25) is 38.8 Å². The number of aromatic nitrogens is 4. The molecule has 3 aromatic heterocycles. The molecule has 0 spiro atoms. The molecule has 8 N–H and O–H groups in total. The molecular formula is C42H51EuN10O14P3S+3. The smallest absolute Gasteiger partial charge is 0.390 e. The number of hydrogen-bond donors (Lipinski definition) is 8. The molecule has 2 aliphatic heterocycles. The van der Waals surface area contributed by atoms with Crippen molar-refractivity contribution in [1.82, 2.24) is 24.8 Å². The summed E-state index contributed by atoms with van der Waals surface area (Å²) in [5.74, 6) is 0. The fourth-order valence-electron chi connectivity index (χ4n) is 6.96. The first-order valence-electron chi connectivity index (χ1n) is 21.3. The van der Waals surface area contributed by atoms with E-state index < -0.39 is 59.8 Å². The monoisotopic (exact) mass is 1200 g/mol. The van der Waals surface area contributed by atoms with Gasteiger partial charge in [-0.15, -0.1) is 0 Å². The van der Waals surface area contributed by atoms with Crippen LogP contribution >= 0.6 is 35.7 Å². The summed E-state index contributed by atoms with van der Waals surface area (Å²) in [4.78, 5) is 93.2. The van der Waals surface area contributed by atoms with Crippen LogP contribution in [-0.2, 0) is 44.4 Å². The van der Waals surface area contributed by atoms with Crippen molar-refractivity contribution >= 4 is 69.3 Å². The first-order valence-corrected chi connectivity index (χ1v) is 26.3. The third kappa shape index (κ3) is 18.0. The van der Waals surface area contributed by atoms with E-state index in [0.29, 0.717) is 31.7 Å². The fraction of sp³-hybridized carbons (Fsp3) is 0.357. The van der Waals surface area contributed by atoms with Crippen molar-refractivity contribution in [3.8, 4) is 0 Å². The van der Waals surface area contributed by atoms with E-state index in [9.17, 15) is 38.2 Å². The van der Waals surface area contributed by atoms with Gasteiger partial charge in [0.05, 0.1) is 84.0 Å². The number of ether oxygens (including phenoxy) is 1. The van der Waals surface area contributed by atoms with Crippen LogP contribution in [0.1, 0.15) is 74.2 Å². The van der Waals surface area contributed by atoms with Crippen LogP contribution in [0, 0.1) is 49.4 Å². The summed E-state index contributed by atoms with van der Waals surface area (Å²) < 4.78 is 53.1. The first-order chi connectivity index (χ1) is 33.0. The summed E-state index contributed by atoms with van der Waals surface area (Å²) in [6.45, 7) is 8.21. The number of hydrogen-bond acceptors (Lipinski definition) is 17. The van der Waals surface area contributed by atoms with Crippen LogP contribution in [0.2, 0.25) is 0 Å². The molecule has 0 saturated carbocycles. The molecule has 29 heteroatoms. The van der Waals surface area contributed by atoms with Gasteiger partial charge in [0.2, 0.25) is 0 Å². The molecule has 6 rings (SSSR count). The van der Waals surface area contributed by atoms with Gasteiger partial charge in [-0.2, -0.15) is 8.62 Å². The number of H-pyrrole nitrogens is 1. The summed E-state index contributed by atoms with van der Waals surface area (Å²) in [6.07, 6.45) is 0.549. The molecule has 0 amide bonds.